The molecule has 0 saturated carbocycles. The molecular formula is C18H18N6O. The van der Waals surface area contributed by atoms with Crippen molar-refractivity contribution < 1.29 is 4.79 Å². The fourth-order valence-corrected chi connectivity index (χ4v) is 3.05. The highest BCUT2D eigenvalue weighted by molar-refractivity contribution is 6.08. The zero-order valence-corrected chi connectivity index (χ0v) is 14.0. The standard InChI is InChI=1S/C18H18N6O/c1-10(18(25)20-2)24-9-14-16(23-24)13-4-3-11(12-5-6-21-8-12)7-15(13)22-17(14)19/h3-7,9-10H,8H2,1-2H3,(H2,19,22)(H,20,25). The van der Waals surface area contributed by atoms with Crippen LogP contribution < -0.4 is 11.1 Å². The molecule has 3 heterocycles. The molecule has 0 bridgehead atoms. The predicted molar refractivity (Wildman–Crippen MR) is 99.6 cm³/mol. The molecule has 0 saturated heterocycles. The van der Waals surface area contributed by atoms with Gasteiger partial charge in [-0.25, -0.2) is 4.98 Å². The first-order chi connectivity index (χ1) is 12.1. The zero-order valence-electron chi connectivity index (χ0n) is 14.0. The van der Waals surface area contributed by atoms with E-state index in [4.69, 9.17) is 5.73 Å². The third-order valence-corrected chi connectivity index (χ3v) is 4.54. The van der Waals surface area contributed by atoms with Gasteiger partial charge in [0.25, 0.3) is 0 Å². The first-order valence-electron chi connectivity index (χ1n) is 8.07. The monoisotopic (exact) mass is 334 g/mol. The Kier molecular flexibility index (Phi) is 3.49. The van der Waals surface area contributed by atoms with E-state index in [0.29, 0.717) is 12.4 Å². The lowest BCUT2D eigenvalue weighted by Gasteiger charge is -2.09. The maximum absolute atomic E-state index is 11.9. The molecule has 1 aromatic carbocycles. The number of hydrogen-bond acceptors (Lipinski definition) is 5. The first-order valence-corrected chi connectivity index (χ1v) is 8.07. The van der Waals surface area contributed by atoms with Gasteiger partial charge in [0, 0.05) is 24.8 Å². The molecule has 7 heteroatoms. The molecule has 0 spiro atoms. The van der Waals surface area contributed by atoms with Crippen LogP contribution in [-0.4, -0.2) is 40.5 Å². The third kappa shape index (κ3) is 2.44. The van der Waals surface area contributed by atoms with Crippen LogP contribution in [0.25, 0.3) is 27.4 Å². The molecule has 3 N–H and O–H groups in total. The van der Waals surface area contributed by atoms with Gasteiger partial charge in [-0.3, -0.25) is 14.5 Å². The highest BCUT2D eigenvalue weighted by atomic mass is 16.2. The number of nitrogen functional groups attached to an aromatic ring is 1. The van der Waals surface area contributed by atoms with E-state index in [9.17, 15) is 4.79 Å². The van der Waals surface area contributed by atoms with Gasteiger partial charge in [-0.2, -0.15) is 5.10 Å². The van der Waals surface area contributed by atoms with Crippen LogP contribution in [-0.2, 0) is 4.79 Å². The molecule has 1 aliphatic heterocycles. The van der Waals surface area contributed by atoms with Gasteiger partial charge >= 0.3 is 0 Å². The number of benzene rings is 1. The molecule has 0 fully saturated rings. The van der Waals surface area contributed by atoms with E-state index in [-0.39, 0.29) is 5.91 Å². The molecule has 0 aliphatic carbocycles. The summed E-state index contributed by atoms with van der Waals surface area (Å²) in [6, 6.07) is 5.63. The Morgan fingerprint density at radius 1 is 1.36 bits per heavy atom. The van der Waals surface area contributed by atoms with Crippen molar-refractivity contribution in [3.63, 3.8) is 0 Å². The van der Waals surface area contributed by atoms with Crippen molar-refractivity contribution in [1.29, 1.82) is 0 Å². The maximum Gasteiger partial charge on any atom is 0.244 e. The van der Waals surface area contributed by atoms with E-state index >= 15 is 0 Å². The van der Waals surface area contributed by atoms with E-state index in [2.05, 4.69) is 20.4 Å². The molecule has 1 atom stereocenters. The van der Waals surface area contributed by atoms with Gasteiger partial charge in [-0.05, 0) is 36.3 Å². The van der Waals surface area contributed by atoms with E-state index in [1.165, 1.54) is 0 Å². The Balaban J connectivity index is 1.88. The van der Waals surface area contributed by atoms with Gasteiger partial charge in [0.05, 0.1) is 17.4 Å². The number of hydrogen-bond donors (Lipinski definition) is 2. The lowest BCUT2D eigenvalue weighted by atomic mass is 10.0. The van der Waals surface area contributed by atoms with Crippen LogP contribution in [0.4, 0.5) is 5.82 Å². The summed E-state index contributed by atoms with van der Waals surface area (Å²) in [6.45, 7) is 2.47. The number of rotatable bonds is 3. The molecule has 3 aromatic rings. The van der Waals surface area contributed by atoms with Crippen molar-refractivity contribution in [2.24, 2.45) is 4.99 Å². The Hall–Kier alpha value is -3.22. The van der Waals surface area contributed by atoms with Gasteiger partial charge in [-0.15, -0.1) is 0 Å². The van der Waals surface area contributed by atoms with Crippen LogP contribution in [0.3, 0.4) is 0 Å². The predicted octanol–water partition coefficient (Wildman–Crippen LogP) is 1.94. The van der Waals surface area contributed by atoms with Crippen molar-refractivity contribution in [1.82, 2.24) is 20.1 Å². The average Bonchev–Trinajstić information content (AvgIpc) is 3.30. The summed E-state index contributed by atoms with van der Waals surface area (Å²) in [5.74, 6) is 0.297. The number of likely N-dealkylation sites (N-methyl/N-ethyl adjacent to an activating group) is 1. The van der Waals surface area contributed by atoms with Crippen molar-refractivity contribution in [3.8, 4) is 0 Å². The van der Waals surface area contributed by atoms with E-state index in [1.807, 2.05) is 30.5 Å². The summed E-state index contributed by atoms with van der Waals surface area (Å²) in [4.78, 5) is 20.6. The van der Waals surface area contributed by atoms with Crippen LogP contribution >= 0.6 is 0 Å². The van der Waals surface area contributed by atoms with Crippen molar-refractivity contribution in [2.75, 3.05) is 19.3 Å². The van der Waals surface area contributed by atoms with Gasteiger partial charge in [0.2, 0.25) is 5.91 Å². The number of aromatic nitrogens is 3. The minimum Gasteiger partial charge on any atom is -0.383 e. The van der Waals surface area contributed by atoms with Crippen LogP contribution in [0.1, 0.15) is 18.5 Å². The van der Waals surface area contributed by atoms with E-state index in [1.54, 1.807) is 24.9 Å². The Morgan fingerprint density at radius 2 is 2.20 bits per heavy atom. The molecule has 2 aromatic heterocycles. The van der Waals surface area contributed by atoms with Crippen molar-refractivity contribution >= 4 is 45.3 Å². The summed E-state index contributed by atoms with van der Waals surface area (Å²) >= 11 is 0. The minimum absolute atomic E-state index is 0.112. The molecule has 1 amide bonds. The second kappa shape index (κ2) is 5.70. The number of allylic oxidation sites excluding steroid dienone is 1. The highest BCUT2D eigenvalue weighted by Gasteiger charge is 2.18. The van der Waals surface area contributed by atoms with Gasteiger partial charge < -0.3 is 11.1 Å². The Labute approximate surface area is 144 Å². The number of pyridine rings is 1. The summed E-state index contributed by atoms with van der Waals surface area (Å²) < 4.78 is 1.63. The van der Waals surface area contributed by atoms with Crippen molar-refractivity contribution in [2.45, 2.75) is 13.0 Å². The minimum atomic E-state index is -0.424. The molecular weight excluding hydrogens is 316 g/mol. The number of nitrogens with one attached hydrogen (secondary N) is 1. The number of carbonyl (C=O) groups is 1. The maximum atomic E-state index is 11.9. The van der Waals surface area contributed by atoms with Crippen LogP contribution in [0.5, 0.6) is 0 Å². The number of nitrogens with two attached hydrogens (primary N) is 1. The Morgan fingerprint density at radius 3 is 2.92 bits per heavy atom. The average molecular weight is 334 g/mol. The van der Waals surface area contributed by atoms with E-state index in [0.717, 1.165) is 32.9 Å². The lowest BCUT2D eigenvalue weighted by Crippen LogP contribution is -2.27. The topological polar surface area (TPSA) is 98.2 Å². The normalized spacial score (nSPS) is 14.9. The number of anilines is 1. The lowest BCUT2D eigenvalue weighted by molar-refractivity contribution is -0.123. The zero-order chi connectivity index (χ0) is 17.6. The quantitative estimate of drug-likeness (QED) is 0.765. The third-order valence-electron chi connectivity index (χ3n) is 4.54. The fraction of sp³-hybridized carbons (Fsp3) is 0.222. The summed E-state index contributed by atoms with van der Waals surface area (Å²) in [7, 11) is 1.61. The van der Waals surface area contributed by atoms with Crippen LogP contribution in [0.2, 0.25) is 0 Å². The number of nitrogens with zero attached hydrogens (tertiary/aromatic N) is 4. The summed E-state index contributed by atoms with van der Waals surface area (Å²) in [5.41, 5.74) is 9.91. The molecule has 25 heavy (non-hydrogen) atoms. The van der Waals surface area contributed by atoms with E-state index < -0.39 is 6.04 Å². The second-order valence-corrected chi connectivity index (χ2v) is 6.07. The molecule has 4 rings (SSSR count). The van der Waals surface area contributed by atoms with Crippen LogP contribution in [0, 0.1) is 0 Å². The number of fused-ring (bicyclic) bond motifs is 3. The molecule has 0 radical (unpaired) electrons. The van der Waals surface area contributed by atoms with Gasteiger partial charge in [0.1, 0.15) is 17.4 Å². The Bertz CT molecular complexity index is 1060. The second-order valence-electron chi connectivity index (χ2n) is 6.07. The van der Waals surface area contributed by atoms with Gasteiger partial charge in [0.15, 0.2) is 0 Å². The molecule has 7 nitrogen and oxygen atoms in total. The smallest absolute Gasteiger partial charge is 0.244 e. The molecule has 1 aliphatic rings. The van der Waals surface area contributed by atoms with Crippen molar-refractivity contribution in [3.05, 3.63) is 36.0 Å². The SMILES string of the molecule is CNC(=O)C(C)n1cc2c(N)nc3cc(C4=CC=NC4)ccc3c2n1. The first kappa shape index (κ1) is 15.3. The molecule has 1 unspecified atom stereocenters. The van der Waals surface area contributed by atoms with Crippen LogP contribution in [0.15, 0.2) is 35.5 Å². The fourth-order valence-electron chi connectivity index (χ4n) is 3.05. The summed E-state index contributed by atoms with van der Waals surface area (Å²) in [6.07, 6.45) is 5.59. The number of carbonyl (C=O) groups excluding carboxylic acids is 1. The number of amides is 1. The molecule has 126 valence electrons. The largest absolute Gasteiger partial charge is 0.383 e. The van der Waals surface area contributed by atoms with Gasteiger partial charge in [-0.1, -0.05) is 6.07 Å². The summed E-state index contributed by atoms with van der Waals surface area (Å²) in [5, 5.41) is 8.89. The number of aliphatic imine (C=N–C) groups is 1. The highest BCUT2D eigenvalue weighted by Crippen LogP contribution is 2.30.